The van der Waals surface area contributed by atoms with E-state index in [4.69, 9.17) is 26.8 Å². The van der Waals surface area contributed by atoms with Gasteiger partial charge in [0.2, 0.25) is 0 Å². The summed E-state index contributed by atoms with van der Waals surface area (Å²) >= 11 is 5.56. The van der Waals surface area contributed by atoms with E-state index < -0.39 is 5.82 Å². The molecule has 4 nitrogen and oxygen atoms in total. The molecular weight excluding hydrogens is 271 g/mol. The van der Waals surface area contributed by atoms with Crippen LogP contribution in [0.15, 0.2) is 23.2 Å². The van der Waals surface area contributed by atoms with Crippen LogP contribution in [0.25, 0.3) is 0 Å². The average Bonchev–Trinajstić information content (AvgIpc) is 2.91. The van der Waals surface area contributed by atoms with Gasteiger partial charge in [0.15, 0.2) is 0 Å². The number of alkyl halides is 1. The molecule has 1 aliphatic heterocycles. The minimum atomic E-state index is -0.398. The number of nitrogens with zero attached hydrogens (tertiary/aromatic N) is 1. The van der Waals surface area contributed by atoms with Gasteiger partial charge in [-0.15, -0.1) is 11.6 Å². The summed E-state index contributed by atoms with van der Waals surface area (Å²) in [5, 5.41) is 0. The molecular formula is C13H16ClFN2O2. The SMILES string of the molecule is NC(CCl)=Nc1cc(F)ccc1OCC1CCCO1. The number of nitrogens with two attached hydrogens (primary N) is 1. The van der Waals surface area contributed by atoms with Gasteiger partial charge < -0.3 is 15.2 Å². The minimum absolute atomic E-state index is 0.0850. The molecule has 2 rings (SSSR count). The summed E-state index contributed by atoms with van der Waals surface area (Å²) in [6, 6.07) is 4.12. The first-order valence-electron chi connectivity index (χ1n) is 6.12. The molecule has 0 saturated carbocycles. The lowest BCUT2D eigenvalue weighted by molar-refractivity contribution is 0.0681. The van der Waals surface area contributed by atoms with Crippen molar-refractivity contribution in [3.63, 3.8) is 0 Å². The van der Waals surface area contributed by atoms with Crippen LogP contribution < -0.4 is 10.5 Å². The lowest BCUT2D eigenvalue weighted by Crippen LogP contribution is -2.16. The Balaban J connectivity index is 2.09. The van der Waals surface area contributed by atoms with Crippen molar-refractivity contribution < 1.29 is 13.9 Å². The molecule has 19 heavy (non-hydrogen) atoms. The zero-order chi connectivity index (χ0) is 13.7. The van der Waals surface area contributed by atoms with Gasteiger partial charge in [0.25, 0.3) is 0 Å². The number of aliphatic imine (C=N–C) groups is 1. The van der Waals surface area contributed by atoms with Crippen LogP contribution in [0, 0.1) is 5.82 Å². The second kappa shape index (κ2) is 6.73. The summed E-state index contributed by atoms with van der Waals surface area (Å²) in [7, 11) is 0. The van der Waals surface area contributed by atoms with E-state index >= 15 is 0 Å². The number of amidine groups is 1. The van der Waals surface area contributed by atoms with Crippen molar-refractivity contribution in [1.29, 1.82) is 0 Å². The van der Waals surface area contributed by atoms with Crippen LogP contribution >= 0.6 is 11.6 Å². The van der Waals surface area contributed by atoms with E-state index in [9.17, 15) is 4.39 Å². The molecule has 0 spiro atoms. The zero-order valence-corrected chi connectivity index (χ0v) is 11.2. The molecule has 0 bridgehead atoms. The molecule has 1 aromatic rings. The van der Waals surface area contributed by atoms with E-state index in [1.54, 1.807) is 0 Å². The zero-order valence-electron chi connectivity index (χ0n) is 10.4. The van der Waals surface area contributed by atoms with E-state index in [2.05, 4.69) is 4.99 Å². The van der Waals surface area contributed by atoms with Crippen LogP contribution in [-0.4, -0.2) is 31.0 Å². The Bertz CT molecular complexity index is 462. The highest BCUT2D eigenvalue weighted by Gasteiger charge is 2.17. The first-order valence-corrected chi connectivity index (χ1v) is 6.65. The summed E-state index contributed by atoms with van der Waals surface area (Å²) < 4.78 is 24.3. The van der Waals surface area contributed by atoms with E-state index in [0.717, 1.165) is 19.4 Å². The summed E-state index contributed by atoms with van der Waals surface area (Å²) in [5.74, 6) is 0.381. The van der Waals surface area contributed by atoms with E-state index in [0.29, 0.717) is 18.0 Å². The quantitative estimate of drug-likeness (QED) is 0.514. The van der Waals surface area contributed by atoms with Crippen LogP contribution in [0.5, 0.6) is 5.75 Å². The van der Waals surface area contributed by atoms with Crippen molar-refractivity contribution in [2.45, 2.75) is 18.9 Å². The summed E-state index contributed by atoms with van der Waals surface area (Å²) in [6.45, 7) is 1.19. The average molecular weight is 287 g/mol. The first kappa shape index (κ1) is 14.1. The van der Waals surface area contributed by atoms with Crippen LogP contribution in [0.4, 0.5) is 10.1 Å². The van der Waals surface area contributed by atoms with Crippen molar-refractivity contribution in [2.24, 2.45) is 10.7 Å². The van der Waals surface area contributed by atoms with Crippen LogP contribution in [0.2, 0.25) is 0 Å². The molecule has 1 saturated heterocycles. The topological polar surface area (TPSA) is 56.8 Å². The number of hydrogen-bond acceptors (Lipinski definition) is 3. The van der Waals surface area contributed by atoms with Gasteiger partial charge in [0, 0.05) is 12.7 Å². The highest BCUT2D eigenvalue weighted by atomic mass is 35.5. The summed E-state index contributed by atoms with van der Waals surface area (Å²) in [4.78, 5) is 4.04. The number of ether oxygens (including phenoxy) is 2. The highest BCUT2D eigenvalue weighted by Crippen LogP contribution is 2.29. The second-order valence-corrected chi connectivity index (χ2v) is 4.56. The van der Waals surface area contributed by atoms with Gasteiger partial charge in [-0.1, -0.05) is 0 Å². The van der Waals surface area contributed by atoms with Gasteiger partial charge in [-0.2, -0.15) is 0 Å². The molecule has 0 amide bonds. The molecule has 1 aliphatic rings. The maximum atomic E-state index is 13.2. The normalized spacial score (nSPS) is 19.7. The molecule has 1 unspecified atom stereocenters. The monoisotopic (exact) mass is 286 g/mol. The summed E-state index contributed by atoms with van der Waals surface area (Å²) in [6.07, 6.45) is 2.11. The number of halogens is 2. The third-order valence-electron chi connectivity index (χ3n) is 2.77. The molecule has 104 valence electrons. The molecule has 1 fully saturated rings. The van der Waals surface area contributed by atoms with Crippen molar-refractivity contribution in [1.82, 2.24) is 0 Å². The Hall–Kier alpha value is -1.33. The van der Waals surface area contributed by atoms with Crippen LogP contribution in [0.1, 0.15) is 12.8 Å². The molecule has 1 heterocycles. The predicted octanol–water partition coefficient (Wildman–Crippen LogP) is 2.61. The molecule has 0 aliphatic carbocycles. The smallest absolute Gasteiger partial charge is 0.145 e. The van der Waals surface area contributed by atoms with Crippen molar-refractivity contribution in [3.05, 3.63) is 24.0 Å². The van der Waals surface area contributed by atoms with Gasteiger partial charge in [-0.3, -0.25) is 0 Å². The summed E-state index contributed by atoms with van der Waals surface area (Å²) in [5.41, 5.74) is 5.90. The van der Waals surface area contributed by atoms with E-state index in [1.807, 2.05) is 0 Å². The third-order valence-corrected chi connectivity index (χ3v) is 3.04. The van der Waals surface area contributed by atoms with E-state index in [-0.39, 0.29) is 17.8 Å². The molecule has 2 N–H and O–H groups in total. The fourth-order valence-corrected chi connectivity index (χ4v) is 1.90. The second-order valence-electron chi connectivity index (χ2n) is 4.29. The Morgan fingerprint density at radius 1 is 1.58 bits per heavy atom. The van der Waals surface area contributed by atoms with Crippen LogP contribution in [-0.2, 0) is 4.74 Å². The van der Waals surface area contributed by atoms with E-state index in [1.165, 1.54) is 18.2 Å². The van der Waals surface area contributed by atoms with Crippen molar-refractivity contribution in [2.75, 3.05) is 19.1 Å². The van der Waals surface area contributed by atoms with Crippen LogP contribution in [0.3, 0.4) is 0 Å². The van der Waals surface area contributed by atoms with Gasteiger partial charge >= 0.3 is 0 Å². The maximum absolute atomic E-state index is 13.2. The first-order chi connectivity index (χ1) is 9.19. The molecule has 1 atom stereocenters. The van der Waals surface area contributed by atoms with Crippen molar-refractivity contribution >= 4 is 23.1 Å². The van der Waals surface area contributed by atoms with Gasteiger partial charge in [-0.05, 0) is 25.0 Å². The molecule has 0 aromatic heterocycles. The maximum Gasteiger partial charge on any atom is 0.145 e. The Labute approximate surface area is 116 Å². The number of rotatable bonds is 5. The largest absolute Gasteiger partial charge is 0.489 e. The fourth-order valence-electron chi connectivity index (χ4n) is 1.84. The molecule has 6 heteroatoms. The minimum Gasteiger partial charge on any atom is -0.489 e. The fraction of sp³-hybridized carbons (Fsp3) is 0.462. The van der Waals surface area contributed by atoms with Gasteiger partial charge in [0.1, 0.15) is 29.7 Å². The van der Waals surface area contributed by atoms with Crippen molar-refractivity contribution in [3.8, 4) is 5.75 Å². The third kappa shape index (κ3) is 4.08. The lowest BCUT2D eigenvalue weighted by Gasteiger charge is -2.13. The Kier molecular flexibility index (Phi) is 4.99. The number of hydrogen-bond donors (Lipinski definition) is 1. The van der Waals surface area contributed by atoms with Gasteiger partial charge in [-0.25, -0.2) is 9.38 Å². The Morgan fingerprint density at radius 2 is 2.42 bits per heavy atom. The Morgan fingerprint density at radius 3 is 3.11 bits per heavy atom. The standard InChI is InChI=1S/C13H16ClFN2O2/c14-7-13(16)17-11-6-9(15)3-4-12(11)19-8-10-2-1-5-18-10/h3-4,6,10H,1-2,5,7-8H2,(H2,16,17). The van der Waals surface area contributed by atoms with Gasteiger partial charge in [0.05, 0.1) is 12.0 Å². The predicted molar refractivity (Wildman–Crippen MR) is 72.9 cm³/mol. The molecule has 1 aromatic carbocycles. The molecule has 0 radical (unpaired) electrons. The number of benzene rings is 1. The highest BCUT2D eigenvalue weighted by molar-refractivity contribution is 6.28. The lowest BCUT2D eigenvalue weighted by atomic mass is 10.2.